The van der Waals surface area contributed by atoms with Crippen molar-refractivity contribution in [2.75, 3.05) is 30.4 Å². The highest BCUT2D eigenvalue weighted by Crippen LogP contribution is 2.33. The van der Waals surface area contributed by atoms with Crippen LogP contribution in [0.25, 0.3) is 15.6 Å². The Morgan fingerprint density at radius 1 is 1.26 bits per heavy atom. The Morgan fingerprint density at radius 2 is 2.09 bits per heavy atom. The number of carboxylic acids is 1. The minimum atomic E-state index is -0.819. The van der Waals surface area contributed by atoms with Crippen LogP contribution in [0.2, 0.25) is 5.02 Å². The van der Waals surface area contributed by atoms with E-state index in [9.17, 15) is 4.79 Å². The summed E-state index contributed by atoms with van der Waals surface area (Å²) in [4.78, 5) is 16.6. The third-order valence-electron chi connectivity index (χ3n) is 5.53. The van der Waals surface area contributed by atoms with Crippen molar-refractivity contribution in [1.82, 2.24) is 10.2 Å². The maximum atomic E-state index is 11.0. The summed E-state index contributed by atoms with van der Waals surface area (Å²) in [5.74, 6) is 1.08. The summed E-state index contributed by atoms with van der Waals surface area (Å²) < 4.78 is 5.20. The number of aliphatic carboxylic acids is 1. The van der Waals surface area contributed by atoms with E-state index in [1.54, 1.807) is 19.2 Å². The van der Waals surface area contributed by atoms with Crippen LogP contribution in [0.4, 0.5) is 17.3 Å². The van der Waals surface area contributed by atoms with Gasteiger partial charge < -0.3 is 20.1 Å². The quantitative estimate of drug-likeness (QED) is 0.328. The van der Waals surface area contributed by atoms with Crippen LogP contribution in [0.1, 0.15) is 18.4 Å². The topological polar surface area (TPSA) is 91.9 Å². The molecule has 2 heterocycles. The molecular formula is C24H23Cl2N5O3. The number of aromatic nitrogens is 2. The number of hydrogen-bond donors (Lipinski definition) is 2. The summed E-state index contributed by atoms with van der Waals surface area (Å²) in [6.45, 7) is 9.08. The lowest BCUT2D eigenvalue weighted by Crippen LogP contribution is -2.30. The number of hydrogen-bond acceptors (Lipinski definition) is 6. The molecule has 4 rings (SSSR count). The predicted octanol–water partition coefficient (Wildman–Crippen LogP) is 5.49. The van der Waals surface area contributed by atoms with Gasteiger partial charge >= 0.3 is 5.97 Å². The second-order valence-electron chi connectivity index (χ2n) is 7.67. The Morgan fingerprint density at radius 3 is 2.74 bits per heavy atom. The molecule has 1 aliphatic rings. The Balaban J connectivity index is 0.00000324. The van der Waals surface area contributed by atoms with Crippen molar-refractivity contribution in [2.24, 2.45) is 0 Å². The van der Waals surface area contributed by atoms with Crippen molar-refractivity contribution >= 4 is 58.1 Å². The van der Waals surface area contributed by atoms with Crippen molar-refractivity contribution in [3.63, 3.8) is 0 Å². The van der Waals surface area contributed by atoms with Crippen LogP contribution in [0.15, 0.2) is 48.0 Å². The summed E-state index contributed by atoms with van der Waals surface area (Å²) in [5.41, 5.74) is 2.38. The van der Waals surface area contributed by atoms with Gasteiger partial charge in [-0.05, 0) is 30.2 Å². The normalized spacial score (nSPS) is 13.0. The van der Waals surface area contributed by atoms with Gasteiger partial charge in [0.2, 0.25) is 0 Å². The highest BCUT2D eigenvalue weighted by atomic mass is 35.5. The number of carboxylic acid groups (broad SMARTS) is 1. The van der Waals surface area contributed by atoms with E-state index in [4.69, 9.17) is 28.0 Å². The zero-order valence-corrected chi connectivity index (χ0v) is 20.0. The molecule has 0 saturated heterocycles. The summed E-state index contributed by atoms with van der Waals surface area (Å²) >= 11 is 6.23. The molecule has 0 amide bonds. The van der Waals surface area contributed by atoms with Crippen molar-refractivity contribution in [3.05, 3.63) is 70.1 Å². The first-order valence-corrected chi connectivity index (χ1v) is 10.7. The third kappa shape index (κ3) is 5.50. The molecular weight excluding hydrogens is 477 g/mol. The Hall–Kier alpha value is -3.54. The molecule has 0 radical (unpaired) electrons. The first-order valence-electron chi connectivity index (χ1n) is 10.4. The van der Waals surface area contributed by atoms with Gasteiger partial charge in [0.1, 0.15) is 5.75 Å². The summed E-state index contributed by atoms with van der Waals surface area (Å²) in [6, 6.07) is 11.0. The highest BCUT2D eigenvalue weighted by Gasteiger charge is 2.19. The first-order chi connectivity index (χ1) is 16.0. The number of anilines is 2. The van der Waals surface area contributed by atoms with Gasteiger partial charge in [-0.2, -0.15) is 0 Å². The second-order valence-corrected chi connectivity index (χ2v) is 8.07. The highest BCUT2D eigenvalue weighted by molar-refractivity contribution is 6.32. The van der Waals surface area contributed by atoms with E-state index in [-0.39, 0.29) is 18.8 Å². The van der Waals surface area contributed by atoms with E-state index >= 15 is 0 Å². The van der Waals surface area contributed by atoms with Crippen molar-refractivity contribution in [3.8, 4) is 5.75 Å². The molecule has 176 valence electrons. The van der Waals surface area contributed by atoms with Gasteiger partial charge in [0, 0.05) is 30.4 Å². The van der Waals surface area contributed by atoms with E-state index in [0.29, 0.717) is 54.2 Å². The largest absolute Gasteiger partial charge is 0.495 e. The number of nitrogens with one attached hydrogen (secondary N) is 1. The molecule has 0 saturated carbocycles. The van der Waals surface area contributed by atoms with E-state index < -0.39 is 5.97 Å². The van der Waals surface area contributed by atoms with E-state index in [0.717, 1.165) is 21.9 Å². The predicted molar refractivity (Wildman–Crippen MR) is 136 cm³/mol. The molecule has 0 unspecified atom stereocenters. The molecule has 0 atom stereocenters. The molecule has 0 spiro atoms. The number of carbonyl (C=O) groups is 1. The lowest BCUT2D eigenvalue weighted by molar-refractivity contribution is -0.136. The van der Waals surface area contributed by atoms with Gasteiger partial charge in [-0.1, -0.05) is 41.4 Å². The van der Waals surface area contributed by atoms with Crippen LogP contribution in [0, 0.1) is 6.57 Å². The number of ether oxygens (including phenoxy) is 1. The van der Waals surface area contributed by atoms with Gasteiger partial charge in [0.15, 0.2) is 17.3 Å². The minimum absolute atomic E-state index is 0. The maximum Gasteiger partial charge on any atom is 0.307 e. The fraction of sp³-hybridized carbons (Fsp3) is 0.250. The lowest BCUT2D eigenvalue weighted by atomic mass is 10.0. The molecule has 2 N–H and O–H groups in total. The third-order valence-corrected chi connectivity index (χ3v) is 5.83. The minimum Gasteiger partial charge on any atom is -0.495 e. The number of methoxy groups -OCH3 is 1. The molecule has 0 bridgehead atoms. The summed E-state index contributed by atoms with van der Waals surface area (Å²) in [7, 11) is 1.57. The average Bonchev–Trinajstić information content (AvgIpc) is 2.82. The van der Waals surface area contributed by atoms with Crippen LogP contribution in [-0.4, -0.2) is 41.5 Å². The first kappa shape index (κ1) is 25.1. The van der Waals surface area contributed by atoms with Crippen LogP contribution in [0.3, 0.4) is 0 Å². The van der Waals surface area contributed by atoms with Crippen molar-refractivity contribution in [1.29, 1.82) is 0 Å². The lowest BCUT2D eigenvalue weighted by Gasteiger charge is -2.28. The number of halogens is 2. The molecule has 3 aromatic rings. The van der Waals surface area contributed by atoms with Gasteiger partial charge in [0.05, 0.1) is 25.1 Å². The fourth-order valence-corrected chi connectivity index (χ4v) is 4.11. The van der Waals surface area contributed by atoms with E-state index in [1.165, 1.54) is 0 Å². The summed E-state index contributed by atoms with van der Waals surface area (Å²) in [6.07, 6.45) is 2.67. The standard InChI is InChI=1S/C24H22ClN5O3.ClH/c1-26-17-4-5-18-19(13-17)23(27-14-16-3-6-21(33-2)20(25)11-16)28-29-24(18)30-9-7-15(8-10-30)12-22(31)32;/h3-7,11,13H,8-10,12,14H2,2H3,(H,27,28)(H,31,32);1H. The zero-order valence-electron chi connectivity index (χ0n) is 18.4. The van der Waals surface area contributed by atoms with Gasteiger partial charge in [-0.15, -0.1) is 22.6 Å². The average molecular weight is 500 g/mol. The number of nitrogens with zero attached hydrogens (tertiary/aromatic N) is 4. The molecule has 34 heavy (non-hydrogen) atoms. The molecule has 10 heteroatoms. The SMILES string of the molecule is Cl.[C-]#[N+]c1ccc2c(N3CC=C(CC(=O)O)CC3)nnc(NCc3ccc(OC)c(Cl)c3)c2c1. The smallest absolute Gasteiger partial charge is 0.307 e. The zero-order chi connectivity index (χ0) is 23.4. The van der Waals surface area contributed by atoms with Crippen LogP contribution >= 0.6 is 24.0 Å². The maximum absolute atomic E-state index is 11.0. The van der Waals surface area contributed by atoms with Gasteiger partial charge in [-0.3, -0.25) is 4.79 Å². The van der Waals surface area contributed by atoms with E-state index in [2.05, 4.69) is 25.3 Å². The fourth-order valence-electron chi connectivity index (χ4n) is 3.83. The number of rotatable bonds is 7. The molecule has 0 fully saturated rings. The molecule has 1 aromatic heterocycles. The Bertz CT molecular complexity index is 1290. The van der Waals surface area contributed by atoms with Crippen molar-refractivity contribution in [2.45, 2.75) is 19.4 Å². The molecule has 2 aromatic carbocycles. The Labute approximate surface area is 208 Å². The van der Waals surface area contributed by atoms with Crippen LogP contribution < -0.4 is 15.0 Å². The Kier molecular flexibility index (Phi) is 8.16. The number of fused-ring (bicyclic) bond motifs is 1. The molecule has 0 aliphatic carbocycles. The number of benzene rings is 2. The monoisotopic (exact) mass is 499 g/mol. The van der Waals surface area contributed by atoms with Crippen molar-refractivity contribution < 1.29 is 14.6 Å². The van der Waals surface area contributed by atoms with E-state index in [1.807, 2.05) is 30.3 Å². The van der Waals surface area contributed by atoms with Gasteiger partial charge in [0.25, 0.3) is 0 Å². The van der Waals surface area contributed by atoms with Crippen LogP contribution in [0.5, 0.6) is 5.75 Å². The van der Waals surface area contributed by atoms with Crippen LogP contribution in [-0.2, 0) is 11.3 Å². The second kappa shape index (κ2) is 11.1. The van der Waals surface area contributed by atoms with Gasteiger partial charge in [-0.25, -0.2) is 4.85 Å². The summed E-state index contributed by atoms with van der Waals surface area (Å²) in [5, 5.41) is 23.4. The molecule has 8 nitrogen and oxygen atoms in total. The molecule has 1 aliphatic heterocycles.